The van der Waals surface area contributed by atoms with Gasteiger partial charge in [0.25, 0.3) is 0 Å². The van der Waals surface area contributed by atoms with E-state index in [4.69, 9.17) is 9.57 Å². The van der Waals surface area contributed by atoms with Gasteiger partial charge in [-0.1, -0.05) is 59.8 Å². The quantitative estimate of drug-likeness (QED) is 0.640. The zero-order valence-electron chi connectivity index (χ0n) is 13.9. The van der Waals surface area contributed by atoms with Crippen molar-refractivity contribution in [3.8, 4) is 11.1 Å². The molecule has 0 amide bonds. The average molecular weight is 339 g/mol. The summed E-state index contributed by atoms with van der Waals surface area (Å²) in [5.74, 6) is -1.08. The molecule has 0 bridgehead atoms. The third-order valence-electron chi connectivity index (χ3n) is 4.10. The van der Waals surface area contributed by atoms with Crippen LogP contribution in [0, 0.1) is 0 Å². The molecule has 1 unspecified atom stereocenters. The maximum absolute atomic E-state index is 11.4. The summed E-state index contributed by atoms with van der Waals surface area (Å²) in [5.41, 5.74) is 3.06. The van der Waals surface area contributed by atoms with Crippen molar-refractivity contribution < 1.29 is 19.5 Å². The van der Waals surface area contributed by atoms with Crippen molar-refractivity contribution in [2.75, 3.05) is 6.61 Å². The van der Waals surface area contributed by atoms with Crippen LogP contribution in [-0.2, 0) is 20.8 Å². The van der Waals surface area contributed by atoms with Crippen molar-refractivity contribution in [3.63, 3.8) is 0 Å². The number of carbonyl (C=O) groups is 1. The molecular weight excluding hydrogens is 318 g/mol. The van der Waals surface area contributed by atoms with Crippen molar-refractivity contribution in [1.82, 2.24) is 0 Å². The topological polar surface area (TPSA) is 68.1 Å². The molecule has 25 heavy (non-hydrogen) atoms. The SMILES string of the molecule is O=C(O)/C(Cc1ccc(-c2ccccc2)cc1)=N/OC1CCCCO1. The number of oxime groups is 1. The van der Waals surface area contributed by atoms with E-state index in [1.165, 1.54) is 0 Å². The van der Waals surface area contributed by atoms with Gasteiger partial charge in [-0.2, -0.15) is 0 Å². The summed E-state index contributed by atoms with van der Waals surface area (Å²) in [6, 6.07) is 17.8. The predicted molar refractivity (Wildman–Crippen MR) is 95.3 cm³/mol. The van der Waals surface area contributed by atoms with Gasteiger partial charge < -0.3 is 14.7 Å². The second-order valence-electron chi connectivity index (χ2n) is 5.98. The molecule has 0 spiro atoms. The largest absolute Gasteiger partial charge is 0.477 e. The molecule has 3 rings (SSSR count). The average Bonchev–Trinajstić information content (AvgIpc) is 2.67. The summed E-state index contributed by atoms with van der Waals surface area (Å²) in [7, 11) is 0. The van der Waals surface area contributed by atoms with Crippen molar-refractivity contribution in [2.45, 2.75) is 32.0 Å². The van der Waals surface area contributed by atoms with Crippen LogP contribution in [0.15, 0.2) is 59.8 Å². The second kappa shape index (κ2) is 8.44. The maximum Gasteiger partial charge on any atom is 0.354 e. The molecular formula is C20H21NO4. The first kappa shape index (κ1) is 17.2. The number of hydrogen-bond acceptors (Lipinski definition) is 4. The molecule has 130 valence electrons. The molecule has 0 radical (unpaired) electrons. The zero-order valence-corrected chi connectivity index (χ0v) is 13.9. The number of rotatable bonds is 6. The van der Waals surface area contributed by atoms with Crippen LogP contribution in [0.4, 0.5) is 0 Å². The fourth-order valence-electron chi connectivity index (χ4n) is 2.70. The third-order valence-corrected chi connectivity index (χ3v) is 4.10. The minimum atomic E-state index is -1.08. The van der Waals surface area contributed by atoms with Gasteiger partial charge in [0.2, 0.25) is 6.29 Å². The molecule has 0 aliphatic carbocycles. The number of ether oxygens (including phenoxy) is 1. The predicted octanol–water partition coefficient (Wildman–Crippen LogP) is 3.88. The van der Waals surface area contributed by atoms with Crippen molar-refractivity contribution >= 4 is 11.7 Å². The van der Waals surface area contributed by atoms with E-state index in [9.17, 15) is 9.90 Å². The molecule has 1 atom stereocenters. The molecule has 2 aromatic carbocycles. The van der Waals surface area contributed by atoms with Crippen LogP contribution in [0.1, 0.15) is 24.8 Å². The second-order valence-corrected chi connectivity index (χ2v) is 5.98. The third kappa shape index (κ3) is 4.90. The Morgan fingerprint density at radius 2 is 1.80 bits per heavy atom. The summed E-state index contributed by atoms with van der Waals surface area (Å²) in [5, 5.41) is 13.2. The van der Waals surface area contributed by atoms with E-state index in [1.54, 1.807) is 0 Å². The Hall–Kier alpha value is -2.66. The molecule has 1 fully saturated rings. The molecule has 1 aliphatic rings. The van der Waals surface area contributed by atoms with Crippen LogP contribution < -0.4 is 0 Å². The van der Waals surface area contributed by atoms with E-state index < -0.39 is 12.3 Å². The Balaban J connectivity index is 1.66. The van der Waals surface area contributed by atoms with Gasteiger partial charge in [0.15, 0.2) is 5.71 Å². The lowest BCUT2D eigenvalue weighted by atomic mass is 10.0. The molecule has 0 aromatic heterocycles. The first-order valence-corrected chi connectivity index (χ1v) is 8.44. The lowest BCUT2D eigenvalue weighted by Crippen LogP contribution is -2.23. The van der Waals surface area contributed by atoms with Gasteiger partial charge in [-0.15, -0.1) is 0 Å². The summed E-state index contributed by atoms with van der Waals surface area (Å²) in [6.07, 6.45) is 2.51. The highest BCUT2D eigenvalue weighted by Crippen LogP contribution is 2.20. The van der Waals surface area contributed by atoms with Gasteiger partial charge >= 0.3 is 5.97 Å². The number of aliphatic carboxylic acids is 1. The van der Waals surface area contributed by atoms with Crippen molar-refractivity contribution in [2.24, 2.45) is 5.16 Å². The standard InChI is InChI=1S/C20H21NO4/c22-20(23)18(21-25-19-8-4-5-13-24-19)14-15-9-11-17(12-10-15)16-6-2-1-3-7-16/h1-3,6-7,9-12,19H,4-5,8,13-14H2,(H,22,23)/b21-18+. The van der Waals surface area contributed by atoms with E-state index in [2.05, 4.69) is 5.16 Å². The molecule has 0 saturated carbocycles. The first-order chi connectivity index (χ1) is 12.2. The zero-order chi connectivity index (χ0) is 17.5. The molecule has 5 heteroatoms. The van der Waals surface area contributed by atoms with Crippen LogP contribution in [0.3, 0.4) is 0 Å². The number of carboxylic acid groups (broad SMARTS) is 1. The fourth-order valence-corrected chi connectivity index (χ4v) is 2.70. The molecule has 2 aromatic rings. The van der Waals surface area contributed by atoms with Crippen LogP contribution >= 0.6 is 0 Å². The van der Waals surface area contributed by atoms with Gasteiger partial charge in [-0.05, 0) is 29.5 Å². The molecule has 5 nitrogen and oxygen atoms in total. The number of benzene rings is 2. The summed E-state index contributed by atoms with van der Waals surface area (Å²) in [4.78, 5) is 16.7. The van der Waals surface area contributed by atoms with Gasteiger partial charge in [0.1, 0.15) is 0 Å². The van der Waals surface area contributed by atoms with Crippen LogP contribution in [0.2, 0.25) is 0 Å². The van der Waals surface area contributed by atoms with Crippen LogP contribution in [0.25, 0.3) is 11.1 Å². The fraction of sp³-hybridized carbons (Fsp3) is 0.300. The Morgan fingerprint density at radius 3 is 2.44 bits per heavy atom. The smallest absolute Gasteiger partial charge is 0.354 e. The Kier molecular flexibility index (Phi) is 5.80. The Morgan fingerprint density at radius 1 is 1.08 bits per heavy atom. The molecule has 1 N–H and O–H groups in total. The van der Waals surface area contributed by atoms with Crippen molar-refractivity contribution in [3.05, 3.63) is 60.2 Å². The first-order valence-electron chi connectivity index (χ1n) is 8.44. The molecule has 1 aliphatic heterocycles. The Bertz CT molecular complexity index is 719. The van der Waals surface area contributed by atoms with Gasteiger partial charge in [-0.25, -0.2) is 4.79 Å². The van der Waals surface area contributed by atoms with Crippen LogP contribution in [-0.4, -0.2) is 29.7 Å². The minimum absolute atomic E-state index is 0.0263. The minimum Gasteiger partial charge on any atom is -0.477 e. The normalized spacial score (nSPS) is 17.9. The highest BCUT2D eigenvalue weighted by Gasteiger charge is 2.17. The lowest BCUT2D eigenvalue weighted by Gasteiger charge is -2.20. The van der Waals surface area contributed by atoms with E-state index >= 15 is 0 Å². The summed E-state index contributed by atoms with van der Waals surface area (Å²) < 4.78 is 5.40. The number of hydrogen-bond donors (Lipinski definition) is 1. The number of carboxylic acids is 1. The van der Waals surface area contributed by atoms with Crippen LogP contribution in [0.5, 0.6) is 0 Å². The van der Waals surface area contributed by atoms with E-state index in [0.717, 1.165) is 36.0 Å². The van der Waals surface area contributed by atoms with E-state index in [0.29, 0.717) is 6.61 Å². The monoisotopic (exact) mass is 339 g/mol. The number of nitrogens with zero attached hydrogens (tertiary/aromatic N) is 1. The molecule has 1 saturated heterocycles. The van der Waals surface area contributed by atoms with E-state index in [1.807, 2.05) is 54.6 Å². The van der Waals surface area contributed by atoms with Crippen molar-refractivity contribution in [1.29, 1.82) is 0 Å². The highest BCUT2D eigenvalue weighted by molar-refractivity contribution is 6.35. The summed E-state index contributed by atoms with van der Waals surface area (Å²) in [6.45, 7) is 0.629. The van der Waals surface area contributed by atoms with Gasteiger partial charge in [-0.3, -0.25) is 0 Å². The van der Waals surface area contributed by atoms with Gasteiger partial charge in [0.05, 0.1) is 6.61 Å². The lowest BCUT2D eigenvalue weighted by molar-refractivity contribution is -0.162. The van der Waals surface area contributed by atoms with E-state index in [-0.39, 0.29) is 12.1 Å². The maximum atomic E-state index is 11.4. The Labute approximate surface area is 146 Å². The van der Waals surface area contributed by atoms with Gasteiger partial charge in [0, 0.05) is 12.8 Å². The molecule has 1 heterocycles. The highest BCUT2D eigenvalue weighted by atomic mass is 16.8. The summed E-state index contributed by atoms with van der Waals surface area (Å²) >= 11 is 0.